The smallest absolute Gasteiger partial charge is 0.224 e. The lowest BCUT2D eigenvalue weighted by molar-refractivity contribution is -0.116. The van der Waals surface area contributed by atoms with Crippen molar-refractivity contribution in [2.45, 2.75) is 12.8 Å². The number of morpholine rings is 1. The Bertz CT molecular complexity index is 590. The number of carbonyl (C=O) groups excluding carboxylic acids is 1. The number of aryl methyl sites for hydroxylation is 1. The van der Waals surface area contributed by atoms with Crippen LogP contribution in [0.3, 0.4) is 0 Å². The summed E-state index contributed by atoms with van der Waals surface area (Å²) in [6.45, 7) is 3.40. The molecule has 0 spiro atoms. The van der Waals surface area contributed by atoms with E-state index in [9.17, 15) is 4.79 Å². The lowest BCUT2D eigenvalue weighted by atomic mass is 10.2. The molecule has 2 heterocycles. The van der Waals surface area contributed by atoms with Crippen molar-refractivity contribution in [3.63, 3.8) is 0 Å². The summed E-state index contributed by atoms with van der Waals surface area (Å²) in [5, 5.41) is 5.00. The number of nitrogens with one attached hydrogen (secondary N) is 1. The number of hydrogen-bond acceptors (Lipinski definition) is 4. The van der Waals surface area contributed by atoms with E-state index in [2.05, 4.69) is 28.4 Å². The molecule has 0 radical (unpaired) electrons. The first-order valence-corrected chi connectivity index (χ1v) is 8.44. The number of hydrogen-bond donors (Lipinski definition) is 1. The first-order valence-electron chi connectivity index (χ1n) is 7.56. The van der Waals surface area contributed by atoms with Gasteiger partial charge in [-0.15, -0.1) is 11.3 Å². The number of anilines is 2. The van der Waals surface area contributed by atoms with Crippen LogP contribution in [0.1, 0.15) is 11.3 Å². The molecule has 0 aliphatic carbocycles. The second-order valence-corrected chi connectivity index (χ2v) is 6.31. The fourth-order valence-corrected chi connectivity index (χ4v) is 3.20. The van der Waals surface area contributed by atoms with E-state index in [0.717, 1.165) is 38.4 Å². The molecule has 1 N–H and O–H groups in total. The Morgan fingerprint density at radius 3 is 2.64 bits per heavy atom. The fourth-order valence-electron chi connectivity index (χ4n) is 2.49. The largest absolute Gasteiger partial charge is 0.378 e. The number of amides is 1. The lowest BCUT2D eigenvalue weighted by Crippen LogP contribution is -2.36. The van der Waals surface area contributed by atoms with Crippen LogP contribution in [0, 0.1) is 0 Å². The number of thiophene rings is 1. The molecular formula is C17H20N2O2S. The van der Waals surface area contributed by atoms with Gasteiger partial charge in [-0.25, -0.2) is 0 Å². The molecule has 1 fully saturated rings. The molecule has 116 valence electrons. The maximum absolute atomic E-state index is 12.0. The van der Waals surface area contributed by atoms with Gasteiger partial charge in [-0.1, -0.05) is 6.07 Å². The molecule has 1 aliphatic heterocycles. The van der Waals surface area contributed by atoms with Crippen molar-refractivity contribution in [3.05, 3.63) is 46.7 Å². The van der Waals surface area contributed by atoms with E-state index in [0.29, 0.717) is 6.42 Å². The van der Waals surface area contributed by atoms with Crippen molar-refractivity contribution in [1.29, 1.82) is 0 Å². The zero-order valence-electron chi connectivity index (χ0n) is 12.5. The highest BCUT2D eigenvalue weighted by Gasteiger charge is 2.11. The predicted molar refractivity (Wildman–Crippen MR) is 90.7 cm³/mol. The van der Waals surface area contributed by atoms with E-state index < -0.39 is 0 Å². The van der Waals surface area contributed by atoms with Crippen LogP contribution in [-0.2, 0) is 16.0 Å². The highest BCUT2D eigenvalue weighted by molar-refractivity contribution is 7.09. The maximum atomic E-state index is 12.0. The topological polar surface area (TPSA) is 41.6 Å². The Hall–Kier alpha value is -1.85. The zero-order valence-corrected chi connectivity index (χ0v) is 13.3. The van der Waals surface area contributed by atoms with Crippen molar-refractivity contribution in [2.75, 3.05) is 36.5 Å². The van der Waals surface area contributed by atoms with Gasteiger partial charge < -0.3 is 15.0 Å². The van der Waals surface area contributed by atoms with Gasteiger partial charge in [0.05, 0.1) is 13.2 Å². The molecule has 1 amide bonds. The van der Waals surface area contributed by atoms with Gasteiger partial charge in [-0.05, 0) is 42.1 Å². The minimum Gasteiger partial charge on any atom is -0.378 e. The number of benzene rings is 1. The van der Waals surface area contributed by atoms with E-state index in [1.165, 1.54) is 10.6 Å². The molecule has 0 bridgehead atoms. The molecule has 0 saturated carbocycles. The average Bonchev–Trinajstić information content (AvgIpc) is 3.08. The summed E-state index contributed by atoms with van der Waals surface area (Å²) in [5.41, 5.74) is 2.04. The van der Waals surface area contributed by atoms with E-state index in [1.807, 2.05) is 23.6 Å². The van der Waals surface area contributed by atoms with Crippen LogP contribution in [-0.4, -0.2) is 32.2 Å². The van der Waals surface area contributed by atoms with E-state index in [-0.39, 0.29) is 5.91 Å². The SMILES string of the molecule is O=C(CCc1cccs1)Nc1ccc(N2CCOCC2)cc1. The molecule has 1 aromatic heterocycles. The molecule has 2 aromatic rings. The van der Waals surface area contributed by atoms with Crippen LogP contribution >= 0.6 is 11.3 Å². The normalized spacial score (nSPS) is 14.8. The first kappa shape index (κ1) is 15.1. The molecule has 1 aliphatic rings. The quantitative estimate of drug-likeness (QED) is 0.921. The van der Waals surface area contributed by atoms with Crippen molar-refractivity contribution in [1.82, 2.24) is 0 Å². The van der Waals surface area contributed by atoms with Gasteiger partial charge in [0, 0.05) is 35.8 Å². The van der Waals surface area contributed by atoms with Crippen LogP contribution in [0.15, 0.2) is 41.8 Å². The van der Waals surface area contributed by atoms with Crippen LogP contribution in [0.4, 0.5) is 11.4 Å². The predicted octanol–water partition coefficient (Wildman–Crippen LogP) is 3.16. The zero-order chi connectivity index (χ0) is 15.2. The van der Waals surface area contributed by atoms with Crippen molar-refractivity contribution >= 4 is 28.6 Å². The summed E-state index contributed by atoms with van der Waals surface area (Å²) in [6.07, 6.45) is 1.32. The minimum absolute atomic E-state index is 0.0625. The number of rotatable bonds is 5. The molecule has 1 saturated heterocycles. The van der Waals surface area contributed by atoms with Crippen molar-refractivity contribution in [2.24, 2.45) is 0 Å². The molecule has 5 heteroatoms. The van der Waals surface area contributed by atoms with Crippen LogP contribution in [0.5, 0.6) is 0 Å². The molecule has 22 heavy (non-hydrogen) atoms. The fraction of sp³-hybridized carbons (Fsp3) is 0.353. The first-order chi connectivity index (χ1) is 10.8. The third-order valence-corrected chi connectivity index (χ3v) is 4.64. The molecule has 1 aromatic carbocycles. The molecule has 0 atom stereocenters. The third kappa shape index (κ3) is 4.08. The van der Waals surface area contributed by atoms with Gasteiger partial charge in [0.15, 0.2) is 0 Å². The molecule has 0 unspecified atom stereocenters. The standard InChI is InChI=1S/C17H20N2O2S/c20-17(8-7-16-2-1-13-22-16)18-14-3-5-15(6-4-14)19-9-11-21-12-10-19/h1-6,13H,7-12H2,(H,18,20). The van der Waals surface area contributed by atoms with Gasteiger partial charge in [-0.3, -0.25) is 4.79 Å². The van der Waals surface area contributed by atoms with Gasteiger partial charge in [0.1, 0.15) is 0 Å². The third-order valence-electron chi connectivity index (χ3n) is 3.71. The Balaban J connectivity index is 1.50. The second kappa shape index (κ2) is 7.42. The average molecular weight is 316 g/mol. The minimum atomic E-state index is 0.0625. The molecule has 4 nitrogen and oxygen atoms in total. The van der Waals surface area contributed by atoms with Gasteiger partial charge >= 0.3 is 0 Å². The molecule has 3 rings (SSSR count). The summed E-state index contributed by atoms with van der Waals surface area (Å²) < 4.78 is 5.36. The van der Waals surface area contributed by atoms with Crippen molar-refractivity contribution in [3.8, 4) is 0 Å². The summed E-state index contributed by atoms with van der Waals surface area (Å²) >= 11 is 1.69. The summed E-state index contributed by atoms with van der Waals surface area (Å²) in [6, 6.07) is 12.1. The van der Waals surface area contributed by atoms with E-state index in [1.54, 1.807) is 11.3 Å². The summed E-state index contributed by atoms with van der Waals surface area (Å²) in [5.74, 6) is 0.0625. The number of ether oxygens (including phenoxy) is 1. The van der Waals surface area contributed by atoms with Gasteiger partial charge in [0.25, 0.3) is 0 Å². The Kier molecular flexibility index (Phi) is 5.08. The Morgan fingerprint density at radius 1 is 1.18 bits per heavy atom. The van der Waals surface area contributed by atoms with Crippen molar-refractivity contribution < 1.29 is 9.53 Å². The maximum Gasteiger partial charge on any atom is 0.224 e. The van der Waals surface area contributed by atoms with Crippen LogP contribution < -0.4 is 10.2 Å². The van der Waals surface area contributed by atoms with Crippen LogP contribution in [0.2, 0.25) is 0 Å². The second-order valence-electron chi connectivity index (χ2n) is 5.27. The highest BCUT2D eigenvalue weighted by Crippen LogP contribution is 2.19. The Morgan fingerprint density at radius 2 is 1.95 bits per heavy atom. The highest BCUT2D eigenvalue weighted by atomic mass is 32.1. The lowest BCUT2D eigenvalue weighted by Gasteiger charge is -2.28. The van der Waals surface area contributed by atoms with Crippen LogP contribution in [0.25, 0.3) is 0 Å². The van der Waals surface area contributed by atoms with Gasteiger partial charge in [-0.2, -0.15) is 0 Å². The number of carbonyl (C=O) groups is 1. The van der Waals surface area contributed by atoms with E-state index in [4.69, 9.17) is 4.74 Å². The number of nitrogens with zero attached hydrogens (tertiary/aromatic N) is 1. The Labute approximate surface area is 134 Å². The van der Waals surface area contributed by atoms with Gasteiger partial charge in [0.2, 0.25) is 5.91 Å². The summed E-state index contributed by atoms with van der Waals surface area (Å²) in [7, 11) is 0. The molecular weight excluding hydrogens is 296 g/mol. The summed E-state index contributed by atoms with van der Waals surface area (Å²) in [4.78, 5) is 15.5. The van der Waals surface area contributed by atoms with E-state index >= 15 is 0 Å². The monoisotopic (exact) mass is 316 g/mol.